The van der Waals surface area contributed by atoms with E-state index in [1.54, 1.807) is 0 Å². The van der Waals surface area contributed by atoms with Crippen LogP contribution in [0.4, 0.5) is 0 Å². The van der Waals surface area contributed by atoms with Crippen LogP contribution in [0.25, 0.3) is 0 Å². The molecule has 2 aliphatic heterocycles. The molecule has 21 unspecified atom stereocenters. The predicted molar refractivity (Wildman–Crippen MR) is 194 cm³/mol. The number of esters is 1. The van der Waals surface area contributed by atoms with Gasteiger partial charge in [-0.15, -0.1) is 0 Å². The van der Waals surface area contributed by atoms with E-state index in [1.165, 1.54) is 14.0 Å². The van der Waals surface area contributed by atoms with E-state index in [1.807, 2.05) is 20.8 Å². The summed E-state index contributed by atoms with van der Waals surface area (Å²) in [6.07, 6.45) is -8.70. The first-order valence-electron chi connectivity index (χ1n) is 20.5. The first kappa shape index (κ1) is 43.5. The van der Waals surface area contributed by atoms with Crippen molar-refractivity contribution in [3.63, 3.8) is 0 Å². The molecule has 0 aromatic rings. The number of methoxy groups -OCH3 is 1. The van der Waals surface area contributed by atoms with Crippen LogP contribution in [0, 0.1) is 46.3 Å². The van der Waals surface area contributed by atoms with Gasteiger partial charge in [-0.1, -0.05) is 34.6 Å². The summed E-state index contributed by atoms with van der Waals surface area (Å²) in [4.78, 5) is 12.6. The first-order valence-corrected chi connectivity index (χ1v) is 20.5. The molecule has 4 saturated carbocycles. The van der Waals surface area contributed by atoms with Crippen LogP contribution in [-0.2, 0) is 33.2 Å². The van der Waals surface area contributed by atoms with Crippen LogP contribution < -0.4 is 0 Å². The lowest BCUT2D eigenvalue weighted by Gasteiger charge is -2.66. The van der Waals surface area contributed by atoms with Crippen molar-refractivity contribution in [2.45, 2.75) is 178 Å². The fraction of sp³-hybridized carbons (Fsp3) is 0.975. The fourth-order valence-corrected chi connectivity index (χ4v) is 12.6. The van der Waals surface area contributed by atoms with Crippen molar-refractivity contribution in [1.29, 1.82) is 0 Å². The van der Waals surface area contributed by atoms with Gasteiger partial charge >= 0.3 is 5.97 Å². The van der Waals surface area contributed by atoms with Crippen LogP contribution >= 0.6 is 0 Å². The molecule has 0 aromatic heterocycles. The number of hydrogen-bond acceptors (Lipinski definition) is 15. The molecule has 6 aliphatic rings. The van der Waals surface area contributed by atoms with E-state index in [-0.39, 0.29) is 42.8 Å². The minimum Gasteiger partial charge on any atom is -0.462 e. The molecular weight excluding hydrogens is 720 g/mol. The number of carbonyl (C=O) groups excluding carboxylic acids is 1. The second kappa shape index (κ2) is 16.5. The highest BCUT2D eigenvalue weighted by atomic mass is 16.8. The summed E-state index contributed by atoms with van der Waals surface area (Å²) in [6.45, 7) is 11.1. The Kier molecular flexibility index (Phi) is 13.1. The van der Waals surface area contributed by atoms with Crippen LogP contribution in [0.5, 0.6) is 0 Å². The van der Waals surface area contributed by atoms with Gasteiger partial charge in [0.25, 0.3) is 0 Å². The molecule has 0 radical (unpaired) electrons. The number of aliphatic hydroxyl groups excluding tert-OH is 7. The third-order valence-corrected chi connectivity index (χ3v) is 15.2. The minimum atomic E-state index is -1.35. The second-order valence-electron chi connectivity index (χ2n) is 18.7. The van der Waals surface area contributed by atoms with Gasteiger partial charge in [0.1, 0.15) is 42.7 Å². The maximum absolute atomic E-state index is 12.9. The highest BCUT2D eigenvalue weighted by molar-refractivity contribution is 5.66. The zero-order valence-corrected chi connectivity index (χ0v) is 33.5. The van der Waals surface area contributed by atoms with Gasteiger partial charge in [0.2, 0.25) is 0 Å². The molecule has 6 rings (SSSR count). The SMILES string of the molecule is COC1C(OC2C(CO)OC(OC(CCC(C)C3CC(OC(C)=O)C4C3(C)CCC3C5(C)CCC(O)C(O)C5C(O)CC34O)C(C)C)C2O)OCC(O)C1O. The fourth-order valence-electron chi connectivity index (χ4n) is 12.6. The molecule has 8 N–H and O–H groups in total. The molecule has 318 valence electrons. The number of carbonyl (C=O) groups is 1. The molecule has 4 aliphatic carbocycles. The molecule has 2 heterocycles. The van der Waals surface area contributed by atoms with Crippen LogP contribution in [0.3, 0.4) is 0 Å². The molecule has 0 bridgehead atoms. The molecule has 21 atom stereocenters. The quantitative estimate of drug-likeness (QED) is 0.127. The minimum absolute atomic E-state index is 0.0189. The van der Waals surface area contributed by atoms with E-state index >= 15 is 0 Å². The lowest BCUT2D eigenvalue weighted by atomic mass is 9.41. The van der Waals surface area contributed by atoms with Gasteiger partial charge in [-0.2, -0.15) is 0 Å². The summed E-state index contributed by atoms with van der Waals surface area (Å²) in [7, 11) is 1.34. The number of hydrogen-bond donors (Lipinski definition) is 8. The van der Waals surface area contributed by atoms with Gasteiger partial charge in [-0.25, -0.2) is 0 Å². The van der Waals surface area contributed by atoms with E-state index in [9.17, 15) is 45.6 Å². The zero-order chi connectivity index (χ0) is 40.4. The van der Waals surface area contributed by atoms with E-state index in [4.69, 9.17) is 28.4 Å². The van der Waals surface area contributed by atoms with Crippen molar-refractivity contribution in [1.82, 2.24) is 0 Å². The Balaban J connectivity index is 1.15. The van der Waals surface area contributed by atoms with Crippen LogP contribution in [0.15, 0.2) is 0 Å². The summed E-state index contributed by atoms with van der Waals surface area (Å²) in [6, 6.07) is 0. The Morgan fingerprint density at radius 3 is 2.20 bits per heavy atom. The summed E-state index contributed by atoms with van der Waals surface area (Å²) >= 11 is 0. The van der Waals surface area contributed by atoms with E-state index in [0.29, 0.717) is 32.1 Å². The summed E-state index contributed by atoms with van der Waals surface area (Å²) < 4.78 is 35.3. The van der Waals surface area contributed by atoms with E-state index in [0.717, 1.165) is 12.8 Å². The molecular formula is C40H68O15. The number of rotatable bonds is 12. The average Bonchev–Trinajstić information content (AvgIpc) is 3.58. The van der Waals surface area contributed by atoms with Crippen molar-refractivity contribution in [2.75, 3.05) is 20.3 Å². The second-order valence-corrected chi connectivity index (χ2v) is 18.7. The van der Waals surface area contributed by atoms with Crippen molar-refractivity contribution in [2.24, 2.45) is 46.3 Å². The average molecular weight is 789 g/mol. The van der Waals surface area contributed by atoms with Crippen LogP contribution in [0.2, 0.25) is 0 Å². The maximum Gasteiger partial charge on any atom is 0.302 e. The van der Waals surface area contributed by atoms with Crippen molar-refractivity contribution in [3.05, 3.63) is 0 Å². The zero-order valence-electron chi connectivity index (χ0n) is 33.5. The molecule has 6 fully saturated rings. The Bertz CT molecular complexity index is 1320. The normalized spacial score (nSPS) is 50.9. The van der Waals surface area contributed by atoms with Crippen LogP contribution in [-0.4, -0.2) is 152 Å². The van der Waals surface area contributed by atoms with Gasteiger partial charge < -0.3 is 69.3 Å². The smallest absolute Gasteiger partial charge is 0.302 e. The number of aliphatic hydroxyl groups is 8. The molecule has 0 aromatic carbocycles. The Morgan fingerprint density at radius 1 is 0.873 bits per heavy atom. The van der Waals surface area contributed by atoms with Gasteiger partial charge in [0.15, 0.2) is 12.6 Å². The third-order valence-electron chi connectivity index (χ3n) is 15.2. The third kappa shape index (κ3) is 7.66. The summed E-state index contributed by atoms with van der Waals surface area (Å²) in [5.74, 6) is -1.49. The number of ether oxygens (including phenoxy) is 6. The largest absolute Gasteiger partial charge is 0.462 e. The lowest BCUT2D eigenvalue weighted by Crippen LogP contribution is -2.71. The van der Waals surface area contributed by atoms with E-state index in [2.05, 4.69) is 13.8 Å². The highest BCUT2D eigenvalue weighted by Crippen LogP contribution is 2.70. The van der Waals surface area contributed by atoms with Gasteiger partial charge in [-0.05, 0) is 79.4 Å². The summed E-state index contributed by atoms with van der Waals surface area (Å²) in [5, 5.41) is 88.0. The monoisotopic (exact) mass is 788 g/mol. The van der Waals surface area contributed by atoms with Crippen molar-refractivity contribution >= 4 is 5.97 Å². The Morgan fingerprint density at radius 2 is 1.56 bits per heavy atom. The molecule has 15 heteroatoms. The molecule has 2 saturated heterocycles. The predicted octanol–water partition coefficient (Wildman–Crippen LogP) is 0.618. The maximum atomic E-state index is 12.9. The number of fused-ring (bicyclic) bond motifs is 5. The van der Waals surface area contributed by atoms with Crippen molar-refractivity contribution in [3.8, 4) is 0 Å². The lowest BCUT2D eigenvalue weighted by molar-refractivity contribution is -0.296. The molecule has 55 heavy (non-hydrogen) atoms. The highest BCUT2D eigenvalue weighted by Gasteiger charge is 2.72. The molecule has 0 spiro atoms. The van der Waals surface area contributed by atoms with E-state index < -0.39 is 114 Å². The summed E-state index contributed by atoms with van der Waals surface area (Å²) in [5.41, 5.74) is -2.38. The van der Waals surface area contributed by atoms with Crippen molar-refractivity contribution < 1.29 is 74.1 Å². The standard InChI is InChI=1S/C40H68O15/c1-18(2)25(53-36-32(48)33(27(16-41)54-36)55-37-34(50-7)31(47)24(45)17-51-37)9-8-19(3)21-14-26(52-20(4)42)35-38(21,5)13-11-28-39(6)12-10-22(43)30(46)29(39)23(44)15-40(28,35)49/h18-19,21-37,41,43-49H,8-17H2,1-7H3. The van der Waals surface area contributed by atoms with Gasteiger partial charge in [0, 0.05) is 32.3 Å². The Hall–Kier alpha value is -1.05. The van der Waals surface area contributed by atoms with Crippen LogP contribution in [0.1, 0.15) is 92.9 Å². The molecule has 15 nitrogen and oxygen atoms in total. The van der Waals surface area contributed by atoms with Gasteiger partial charge in [-0.3, -0.25) is 4.79 Å². The molecule has 0 amide bonds. The Labute approximate surface area is 324 Å². The van der Waals surface area contributed by atoms with Gasteiger partial charge in [0.05, 0.1) is 43.2 Å². The topological polar surface area (TPSA) is 234 Å². The first-order chi connectivity index (χ1) is 25.8.